The summed E-state index contributed by atoms with van der Waals surface area (Å²) in [5.74, 6) is 0.170. The first-order chi connectivity index (χ1) is 10.1. The molecule has 2 nitrogen and oxygen atoms in total. The van der Waals surface area contributed by atoms with Gasteiger partial charge >= 0.3 is 0 Å². The van der Waals surface area contributed by atoms with E-state index >= 15 is 0 Å². The van der Waals surface area contributed by atoms with E-state index in [4.69, 9.17) is 0 Å². The van der Waals surface area contributed by atoms with Crippen LogP contribution in [0.3, 0.4) is 0 Å². The first-order valence-electron chi connectivity index (χ1n) is 7.50. The van der Waals surface area contributed by atoms with Crippen molar-refractivity contribution < 1.29 is 4.79 Å². The largest absolute Gasteiger partial charge is 0.378 e. The molecular formula is C19H23NO. The Morgan fingerprint density at radius 2 is 1.62 bits per heavy atom. The standard InChI is InChI=1S/C19H23NO/c1-4-8-18(19(21)16-9-6-5-7-10-16)15-11-13-17(14-12-15)20(2)3/h5-7,9-14,18H,4,8H2,1-3H3. The lowest BCUT2D eigenvalue weighted by molar-refractivity contribution is 0.0954. The fraction of sp³-hybridized carbons (Fsp3) is 0.316. The summed E-state index contributed by atoms with van der Waals surface area (Å²) < 4.78 is 0. The molecule has 0 fully saturated rings. The fourth-order valence-corrected chi connectivity index (χ4v) is 2.55. The van der Waals surface area contributed by atoms with Gasteiger partial charge in [0.2, 0.25) is 0 Å². The van der Waals surface area contributed by atoms with Crippen molar-refractivity contribution in [1.82, 2.24) is 0 Å². The van der Waals surface area contributed by atoms with E-state index < -0.39 is 0 Å². The van der Waals surface area contributed by atoms with E-state index in [1.165, 1.54) is 0 Å². The number of carbonyl (C=O) groups excluding carboxylic acids is 1. The summed E-state index contributed by atoms with van der Waals surface area (Å²) in [4.78, 5) is 14.8. The highest BCUT2D eigenvalue weighted by Gasteiger charge is 2.21. The summed E-state index contributed by atoms with van der Waals surface area (Å²) in [6.45, 7) is 2.12. The van der Waals surface area contributed by atoms with Crippen LogP contribution in [0.1, 0.15) is 41.6 Å². The van der Waals surface area contributed by atoms with Crippen molar-refractivity contribution in [3.8, 4) is 0 Å². The average Bonchev–Trinajstić information content (AvgIpc) is 2.53. The van der Waals surface area contributed by atoms with E-state index in [0.717, 1.165) is 29.7 Å². The molecule has 0 amide bonds. The first kappa shape index (κ1) is 15.3. The molecule has 2 aromatic rings. The number of hydrogen-bond donors (Lipinski definition) is 0. The van der Waals surface area contributed by atoms with Crippen molar-refractivity contribution in [1.29, 1.82) is 0 Å². The number of Topliss-reactive ketones (excluding diaryl/α,β-unsaturated/α-hetero) is 1. The summed E-state index contributed by atoms with van der Waals surface area (Å²) in [6, 6.07) is 17.9. The Morgan fingerprint density at radius 3 is 2.14 bits per heavy atom. The zero-order chi connectivity index (χ0) is 15.2. The van der Waals surface area contributed by atoms with Crippen LogP contribution in [-0.2, 0) is 0 Å². The molecule has 0 radical (unpaired) electrons. The maximum Gasteiger partial charge on any atom is 0.170 e. The molecule has 0 saturated carbocycles. The van der Waals surface area contributed by atoms with Crippen molar-refractivity contribution >= 4 is 11.5 Å². The normalized spacial score (nSPS) is 12.0. The fourth-order valence-electron chi connectivity index (χ4n) is 2.55. The Bertz CT molecular complexity index is 572. The molecule has 0 heterocycles. The van der Waals surface area contributed by atoms with Crippen molar-refractivity contribution in [2.75, 3.05) is 19.0 Å². The summed E-state index contributed by atoms with van der Waals surface area (Å²) in [6.07, 6.45) is 1.88. The second-order valence-corrected chi connectivity index (χ2v) is 5.56. The van der Waals surface area contributed by atoms with Crippen LogP contribution < -0.4 is 4.90 Å². The molecule has 0 saturated heterocycles. The van der Waals surface area contributed by atoms with Gasteiger partial charge in [-0.3, -0.25) is 4.79 Å². The minimum Gasteiger partial charge on any atom is -0.378 e. The lowest BCUT2D eigenvalue weighted by Gasteiger charge is -2.18. The third kappa shape index (κ3) is 3.72. The van der Waals surface area contributed by atoms with Gasteiger partial charge in [-0.05, 0) is 24.1 Å². The van der Waals surface area contributed by atoms with Crippen LogP contribution in [0.25, 0.3) is 0 Å². The van der Waals surface area contributed by atoms with E-state index in [2.05, 4.69) is 36.1 Å². The monoisotopic (exact) mass is 281 g/mol. The number of ketones is 1. The Balaban J connectivity index is 2.28. The zero-order valence-electron chi connectivity index (χ0n) is 13.0. The lowest BCUT2D eigenvalue weighted by Crippen LogP contribution is -2.14. The number of nitrogens with zero attached hydrogens (tertiary/aromatic N) is 1. The highest BCUT2D eigenvalue weighted by atomic mass is 16.1. The predicted octanol–water partition coefficient (Wildman–Crippen LogP) is 4.52. The summed E-state index contributed by atoms with van der Waals surface area (Å²) in [7, 11) is 4.04. The number of benzene rings is 2. The van der Waals surface area contributed by atoms with Crippen LogP contribution in [0.2, 0.25) is 0 Å². The quantitative estimate of drug-likeness (QED) is 0.726. The Labute approximate surface area is 127 Å². The molecule has 2 heteroatoms. The van der Waals surface area contributed by atoms with Gasteiger partial charge in [-0.2, -0.15) is 0 Å². The highest BCUT2D eigenvalue weighted by molar-refractivity contribution is 6.00. The first-order valence-corrected chi connectivity index (χ1v) is 7.50. The van der Waals surface area contributed by atoms with Crippen LogP contribution in [-0.4, -0.2) is 19.9 Å². The molecule has 0 spiro atoms. The van der Waals surface area contributed by atoms with Gasteiger partial charge in [0.1, 0.15) is 0 Å². The summed E-state index contributed by atoms with van der Waals surface area (Å²) in [5, 5.41) is 0. The van der Waals surface area contributed by atoms with Gasteiger partial charge in [0.15, 0.2) is 5.78 Å². The molecule has 2 rings (SSSR count). The van der Waals surface area contributed by atoms with E-state index in [1.807, 2.05) is 44.4 Å². The van der Waals surface area contributed by atoms with Crippen LogP contribution in [0, 0.1) is 0 Å². The van der Waals surface area contributed by atoms with Gasteiger partial charge in [0.05, 0.1) is 0 Å². The third-order valence-electron chi connectivity index (χ3n) is 3.76. The van der Waals surface area contributed by atoms with Gasteiger partial charge < -0.3 is 4.90 Å². The second kappa shape index (κ2) is 7.07. The van der Waals surface area contributed by atoms with Crippen LogP contribution in [0.5, 0.6) is 0 Å². The smallest absolute Gasteiger partial charge is 0.170 e. The van der Waals surface area contributed by atoms with Crippen molar-refractivity contribution in [3.05, 3.63) is 65.7 Å². The topological polar surface area (TPSA) is 20.3 Å². The van der Waals surface area contributed by atoms with Crippen LogP contribution in [0.4, 0.5) is 5.69 Å². The minimum absolute atomic E-state index is 0.0476. The molecule has 110 valence electrons. The van der Waals surface area contributed by atoms with E-state index in [9.17, 15) is 4.79 Å². The van der Waals surface area contributed by atoms with E-state index in [0.29, 0.717) is 0 Å². The lowest BCUT2D eigenvalue weighted by atomic mass is 9.87. The highest BCUT2D eigenvalue weighted by Crippen LogP contribution is 2.27. The van der Waals surface area contributed by atoms with Gasteiger partial charge in [-0.1, -0.05) is 55.8 Å². The maximum atomic E-state index is 12.7. The van der Waals surface area contributed by atoms with Crippen LogP contribution in [0.15, 0.2) is 54.6 Å². The number of rotatable bonds is 6. The molecule has 1 unspecified atom stereocenters. The number of carbonyl (C=O) groups is 1. The molecule has 2 aromatic carbocycles. The number of hydrogen-bond acceptors (Lipinski definition) is 2. The van der Waals surface area contributed by atoms with E-state index in [1.54, 1.807) is 0 Å². The van der Waals surface area contributed by atoms with Gasteiger partial charge in [0, 0.05) is 31.3 Å². The zero-order valence-corrected chi connectivity index (χ0v) is 13.0. The Morgan fingerprint density at radius 1 is 1.00 bits per heavy atom. The van der Waals surface area contributed by atoms with Gasteiger partial charge in [0.25, 0.3) is 0 Å². The minimum atomic E-state index is -0.0476. The molecule has 0 aliphatic heterocycles. The Hall–Kier alpha value is -2.09. The van der Waals surface area contributed by atoms with Gasteiger partial charge in [-0.25, -0.2) is 0 Å². The molecule has 0 aliphatic carbocycles. The SMILES string of the molecule is CCCC(C(=O)c1ccccc1)c1ccc(N(C)C)cc1. The van der Waals surface area contributed by atoms with Crippen molar-refractivity contribution in [2.45, 2.75) is 25.7 Å². The molecule has 0 bridgehead atoms. The third-order valence-corrected chi connectivity index (χ3v) is 3.76. The molecule has 1 atom stereocenters. The van der Waals surface area contributed by atoms with Crippen molar-refractivity contribution in [3.63, 3.8) is 0 Å². The second-order valence-electron chi connectivity index (χ2n) is 5.56. The molecule has 21 heavy (non-hydrogen) atoms. The maximum absolute atomic E-state index is 12.7. The molecule has 0 aromatic heterocycles. The summed E-state index contributed by atoms with van der Waals surface area (Å²) >= 11 is 0. The molecule has 0 aliphatic rings. The van der Waals surface area contributed by atoms with Crippen molar-refractivity contribution in [2.24, 2.45) is 0 Å². The van der Waals surface area contributed by atoms with E-state index in [-0.39, 0.29) is 11.7 Å². The predicted molar refractivity (Wildman–Crippen MR) is 89.2 cm³/mol. The van der Waals surface area contributed by atoms with Gasteiger partial charge in [-0.15, -0.1) is 0 Å². The number of anilines is 1. The molecular weight excluding hydrogens is 258 g/mol. The summed E-state index contributed by atoms with van der Waals surface area (Å²) in [5.41, 5.74) is 3.06. The Kier molecular flexibility index (Phi) is 5.15. The van der Waals surface area contributed by atoms with Crippen LogP contribution >= 0.6 is 0 Å². The molecule has 0 N–H and O–H groups in total. The average molecular weight is 281 g/mol.